The van der Waals surface area contributed by atoms with E-state index in [1.165, 1.54) is 14.0 Å². The van der Waals surface area contributed by atoms with Gasteiger partial charge in [0.05, 0.1) is 17.4 Å². The van der Waals surface area contributed by atoms with Gasteiger partial charge in [-0.1, -0.05) is 12.1 Å². The molecule has 0 aromatic heterocycles. The van der Waals surface area contributed by atoms with Crippen LogP contribution in [0.15, 0.2) is 24.3 Å². The van der Waals surface area contributed by atoms with Gasteiger partial charge >= 0.3 is 12.0 Å². The number of amides is 2. The number of nitrogens with zero attached hydrogens (tertiary/aromatic N) is 2. The van der Waals surface area contributed by atoms with Crippen LogP contribution in [0.3, 0.4) is 0 Å². The van der Waals surface area contributed by atoms with Gasteiger partial charge in [-0.15, -0.1) is 0 Å². The number of carbonyl (C=O) groups is 2. The number of hydrogen-bond donors (Lipinski definition) is 3. The van der Waals surface area contributed by atoms with Gasteiger partial charge in [-0.3, -0.25) is 4.90 Å². The Morgan fingerprint density at radius 3 is 2.50 bits per heavy atom. The second-order valence-electron chi connectivity index (χ2n) is 4.19. The lowest BCUT2D eigenvalue weighted by Crippen LogP contribution is -2.51. The van der Waals surface area contributed by atoms with Crippen LogP contribution in [0.1, 0.15) is 12.5 Å². The maximum atomic E-state index is 12.0. The van der Waals surface area contributed by atoms with E-state index < -0.39 is 24.1 Å². The molecule has 0 heterocycles. The van der Waals surface area contributed by atoms with Crippen molar-refractivity contribution in [2.24, 2.45) is 0 Å². The lowest BCUT2D eigenvalue weighted by atomic mass is 10.1. The molecular weight excluding hydrogens is 262 g/mol. The van der Waals surface area contributed by atoms with E-state index in [-0.39, 0.29) is 5.56 Å². The van der Waals surface area contributed by atoms with E-state index in [9.17, 15) is 14.7 Å². The average molecular weight is 277 g/mol. The number of anilines is 1. The highest BCUT2D eigenvalue weighted by atomic mass is 16.4. The minimum Gasteiger partial charge on any atom is -0.480 e. The number of nitrogens with one attached hydrogen (secondary N) is 1. The van der Waals surface area contributed by atoms with Gasteiger partial charge in [0.15, 0.2) is 6.04 Å². The van der Waals surface area contributed by atoms with Crippen molar-refractivity contribution in [3.8, 4) is 6.07 Å². The molecule has 0 spiro atoms. The van der Waals surface area contributed by atoms with E-state index in [1.54, 1.807) is 24.3 Å². The highest BCUT2D eigenvalue weighted by Gasteiger charge is 2.27. The monoisotopic (exact) mass is 277 g/mol. The number of aliphatic hydroxyl groups is 1. The Balaban J connectivity index is 2.92. The van der Waals surface area contributed by atoms with E-state index in [0.29, 0.717) is 5.69 Å². The predicted molar refractivity (Wildman–Crippen MR) is 71.2 cm³/mol. The number of aliphatic hydroxyl groups excluding tert-OH is 1. The molecule has 0 unspecified atom stereocenters. The fourth-order valence-electron chi connectivity index (χ4n) is 1.59. The molecule has 0 aliphatic carbocycles. The summed E-state index contributed by atoms with van der Waals surface area (Å²) >= 11 is 0. The van der Waals surface area contributed by atoms with Crippen molar-refractivity contribution in [1.29, 1.82) is 5.26 Å². The largest absolute Gasteiger partial charge is 0.480 e. The third kappa shape index (κ3) is 3.46. The number of carbonyl (C=O) groups excluding carboxylic acids is 1. The molecule has 7 nitrogen and oxygen atoms in total. The summed E-state index contributed by atoms with van der Waals surface area (Å²) in [5.41, 5.74) is 0.635. The van der Waals surface area contributed by atoms with Gasteiger partial charge in [0.1, 0.15) is 6.07 Å². The molecule has 0 radical (unpaired) electrons. The summed E-state index contributed by atoms with van der Waals surface area (Å²) in [5.74, 6) is -1.34. The Labute approximate surface area is 116 Å². The number of carboxylic acid groups (broad SMARTS) is 1. The molecule has 106 valence electrons. The summed E-state index contributed by atoms with van der Waals surface area (Å²) in [6.45, 7) is 1.27. The van der Waals surface area contributed by atoms with Crippen LogP contribution >= 0.6 is 0 Å². The first-order valence-corrected chi connectivity index (χ1v) is 5.82. The van der Waals surface area contributed by atoms with Crippen LogP contribution in [0.5, 0.6) is 0 Å². The summed E-state index contributed by atoms with van der Waals surface area (Å²) in [5, 5.41) is 29.4. The fraction of sp³-hybridized carbons (Fsp3) is 0.308. The van der Waals surface area contributed by atoms with E-state index >= 15 is 0 Å². The Kier molecular flexibility index (Phi) is 5.06. The minimum absolute atomic E-state index is 0.286. The van der Waals surface area contributed by atoms with E-state index in [0.717, 1.165) is 4.90 Å². The quantitative estimate of drug-likeness (QED) is 0.743. The molecule has 20 heavy (non-hydrogen) atoms. The summed E-state index contributed by atoms with van der Waals surface area (Å²) in [4.78, 5) is 24.0. The smallest absolute Gasteiger partial charge is 0.328 e. The van der Waals surface area contributed by atoms with Crippen molar-refractivity contribution in [1.82, 2.24) is 5.32 Å². The Hall–Kier alpha value is -2.59. The summed E-state index contributed by atoms with van der Waals surface area (Å²) in [6, 6.07) is 6.23. The summed E-state index contributed by atoms with van der Waals surface area (Å²) in [7, 11) is 1.41. The van der Waals surface area contributed by atoms with Crippen LogP contribution in [-0.4, -0.2) is 41.4 Å². The molecule has 0 aliphatic rings. The second-order valence-corrected chi connectivity index (χ2v) is 4.19. The molecule has 2 amide bonds. The molecule has 1 aromatic rings. The number of benzene rings is 1. The van der Waals surface area contributed by atoms with Crippen molar-refractivity contribution < 1.29 is 19.8 Å². The van der Waals surface area contributed by atoms with Crippen molar-refractivity contribution in [3.05, 3.63) is 29.8 Å². The zero-order valence-electron chi connectivity index (χ0n) is 11.1. The maximum absolute atomic E-state index is 12.0. The zero-order valence-corrected chi connectivity index (χ0v) is 11.1. The van der Waals surface area contributed by atoms with E-state index in [2.05, 4.69) is 5.32 Å². The topological polar surface area (TPSA) is 114 Å². The Morgan fingerprint density at radius 1 is 1.40 bits per heavy atom. The number of aliphatic carboxylic acids is 1. The van der Waals surface area contributed by atoms with Crippen LogP contribution in [0.2, 0.25) is 0 Å². The molecule has 7 heteroatoms. The molecular formula is C13H15N3O4. The van der Waals surface area contributed by atoms with Crippen LogP contribution in [0.25, 0.3) is 0 Å². The number of rotatable bonds is 4. The number of carboxylic acids is 1. The van der Waals surface area contributed by atoms with Gasteiger partial charge in [0, 0.05) is 7.05 Å². The molecule has 1 rings (SSSR count). The lowest BCUT2D eigenvalue weighted by Gasteiger charge is -2.23. The number of para-hydroxylation sites is 1. The van der Waals surface area contributed by atoms with Crippen molar-refractivity contribution in [2.45, 2.75) is 19.1 Å². The number of urea groups is 1. The van der Waals surface area contributed by atoms with Gasteiger partial charge in [0.2, 0.25) is 0 Å². The van der Waals surface area contributed by atoms with Crippen molar-refractivity contribution in [2.75, 3.05) is 11.9 Å². The van der Waals surface area contributed by atoms with Gasteiger partial charge < -0.3 is 15.5 Å². The number of hydrogen-bond acceptors (Lipinski definition) is 4. The highest BCUT2D eigenvalue weighted by Crippen LogP contribution is 2.18. The van der Waals surface area contributed by atoms with Crippen LogP contribution in [0, 0.1) is 11.3 Å². The van der Waals surface area contributed by atoms with Crippen LogP contribution in [0.4, 0.5) is 10.5 Å². The van der Waals surface area contributed by atoms with Gasteiger partial charge in [-0.25, -0.2) is 9.59 Å². The van der Waals surface area contributed by atoms with E-state index in [4.69, 9.17) is 10.4 Å². The first-order valence-electron chi connectivity index (χ1n) is 5.82. The molecule has 0 aliphatic heterocycles. The van der Waals surface area contributed by atoms with Gasteiger partial charge in [0.25, 0.3) is 0 Å². The van der Waals surface area contributed by atoms with Crippen LogP contribution in [-0.2, 0) is 4.79 Å². The summed E-state index contributed by atoms with van der Waals surface area (Å²) in [6.07, 6.45) is -1.24. The van der Waals surface area contributed by atoms with Crippen molar-refractivity contribution >= 4 is 17.7 Å². The van der Waals surface area contributed by atoms with Crippen molar-refractivity contribution in [3.63, 3.8) is 0 Å². The minimum atomic E-state index is -1.42. The lowest BCUT2D eigenvalue weighted by molar-refractivity contribution is -0.141. The first kappa shape index (κ1) is 15.5. The standard InChI is InChI=1S/C13H15N3O4/c1-8(17)11(12(18)19)15-13(20)16(2)10-6-4-3-5-9(10)7-14/h3-6,8,11,17H,1-2H3,(H,15,20)(H,18,19)/t8-,11+/m1/s1. The third-order valence-corrected chi connectivity index (χ3v) is 2.72. The molecule has 0 saturated carbocycles. The Bertz CT molecular complexity index is 551. The predicted octanol–water partition coefficient (Wildman–Crippen LogP) is 0.538. The second kappa shape index (κ2) is 6.54. The normalized spacial score (nSPS) is 12.9. The van der Waals surface area contributed by atoms with Crippen LogP contribution < -0.4 is 10.2 Å². The first-order chi connectivity index (χ1) is 9.38. The fourth-order valence-corrected chi connectivity index (χ4v) is 1.59. The maximum Gasteiger partial charge on any atom is 0.328 e. The highest BCUT2D eigenvalue weighted by molar-refractivity contribution is 5.95. The summed E-state index contributed by atoms with van der Waals surface area (Å²) < 4.78 is 0. The number of nitriles is 1. The Morgan fingerprint density at radius 2 is 2.00 bits per heavy atom. The molecule has 1 aromatic carbocycles. The van der Waals surface area contributed by atoms with Gasteiger partial charge in [-0.05, 0) is 19.1 Å². The SMILES string of the molecule is C[C@@H](O)[C@H](NC(=O)N(C)c1ccccc1C#N)C(=O)O. The molecule has 0 bridgehead atoms. The molecule has 0 fully saturated rings. The molecule has 3 N–H and O–H groups in total. The average Bonchev–Trinajstić information content (AvgIpc) is 2.42. The third-order valence-electron chi connectivity index (χ3n) is 2.72. The molecule has 2 atom stereocenters. The zero-order chi connectivity index (χ0) is 15.3. The van der Waals surface area contributed by atoms with E-state index in [1.807, 2.05) is 6.07 Å². The van der Waals surface area contributed by atoms with Gasteiger partial charge in [-0.2, -0.15) is 5.26 Å². The molecule has 0 saturated heterocycles.